The quantitative estimate of drug-likeness (QED) is 0.0225. The van der Waals surface area contributed by atoms with Crippen LogP contribution in [0.2, 0.25) is 0 Å². The molecule has 11 heteroatoms. The molecule has 0 spiro atoms. The summed E-state index contributed by atoms with van der Waals surface area (Å²) in [6, 6.07) is 16.6. The molecule has 0 radical (unpaired) electrons. The number of carbonyl (C=O) groups is 2. The summed E-state index contributed by atoms with van der Waals surface area (Å²) >= 11 is 4.81. The van der Waals surface area contributed by atoms with Gasteiger partial charge in [0.15, 0.2) is 0 Å². The second kappa shape index (κ2) is 32.7. The number of nitrogens with zero attached hydrogens (tertiary/aromatic N) is 3. The van der Waals surface area contributed by atoms with Crippen LogP contribution in [-0.2, 0) is 16.0 Å². The van der Waals surface area contributed by atoms with Crippen LogP contribution in [0.3, 0.4) is 0 Å². The van der Waals surface area contributed by atoms with Crippen molar-refractivity contribution in [1.29, 1.82) is 5.26 Å². The van der Waals surface area contributed by atoms with Gasteiger partial charge < -0.3 is 0 Å². The van der Waals surface area contributed by atoms with E-state index in [1.54, 1.807) is 11.3 Å². The van der Waals surface area contributed by atoms with Crippen molar-refractivity contribution in [1.82, 2.24) is 9.80 Å². The molecule has 1 aromatic carbocycles. The molecular formula is C67H97I2N3O2S4. The third kappa shape index (κ3) is 16.2. The number of hydrogen-bond acceptors (Lipinski definition) is 7. The van der Waals surface area contributed by atoms with E-state index in [4.69, 9.17) is 0 Å². The molecule has 430 valence electrons. The monoisotopic (exact) mass is 1360 g/mol. The molecule has 4 aromatic heterocycles. The number of carbonyl (C=O) groups excluding carboxylic acids is 2. The number of alkyl halides is 4. The Kier molecular flexibility index (Phi) is 26.6. The van der Waals surface area contributed by atoms with Gasteiger partial charge in [-0.2, -0.15) is 0 Å². The Balaban J connectivity index is 1.36. The summed E-state index contributed by atoms with van der Waals surface area (Å²) in [5.41, 5.74) is 5.19. The van der Waals surface area contributed by atoms with Gasteiger partial charge >= 0.3 is 429 Å². The van der Waals surface area contributed by atoms with Crippen LogP contribution in [0.25, 0.3) is 41.3 Å². The molecule has 2 aliphatic rings. The molecule has 0 aliphatic carbocycles. The van der Waals surface area contributed by atoms with E-state index in [9.17, 15) is 5.26 Å². The first kappa shape index (κ1) is 63.5. The average molecular weight is 1360 g/mol. The molecule has 2 amide bonds. The Morgan fingerprint density at radius 1 is 0.462 bits per heavy atom. The minimum atomic E-state index is -1.33. The Hall–Kier alpha value is -2.09. The van der Waals surface area contributed by atoms with Crippen LogP contribution in [0, 0.1) is 28.9 Å². The van der Waals surface area contributed by atoms with Gasteiger partial charge in [0.25, 0.3) is 0 Å². The molecule has 2 aliphatic heterocycles. The van der Waals surface area contributed by atoms with Crippen molar-refractivity contribution in [3.05, 3.63) is 74.2 Å². The number of fused-ring (bicyclic) bond motifs is 4. The summed E-state index contributed by atoms with van der Waals surface area (Å²) < 4.78 is 5.52. The Morgan fingerprint density at radius 2 is 0.885 bits per heavy atom. The number of aryl methyl sites for hydroxylation is 1. The summed E-state index contributed by atoms with van der Waals surface area (Å²) in [4.78, 5) is 50.5. The maximum absolute atomic E-state index is 16.0. The summed E-state index contributed by atoms with van der Waals surface area (Å²) in [6.45, 7) is 12.8. The van der Waals surface area contributed by atoms with E-state index in [1.165, 1.54) is 184 Å². The van der Waals surface area contributed by atoms with Crippen LogP contribution in [-0.4, -0.2) is 54.4 Å². The molecule has 5 nitrogen and oxygen atoms in total. The van der Waals surface area contributed by atoms with E-state index in [0.29, 0.717) is 36.1 Å². The van der Waals surface area contributed by atoms with Gasteiger partial charge in [-0.15, -0.1) is 0 Å². The van der Waals surface area contributed by atoms with Crippen molar-refractivity contribution < 1.29 is 9.59 Å². The van der Waals surface area contributed by atoms with E-state index in [0.717, 1.165) is 70.6 Å². The molecule has 0 N–H and O–H groups in total. The zero-order valence-corrected chi connectivity index (χ0v) is 57.2. The number of rotatable bonds is 38. The predicted molar refractivity (Wildman–Crippen MR) is 364 cm³/mol. The molecule has 6 heterocycles. The van der Waals surface area contributed by atoms with Gasteiger partial charge in [0.2, 0.25) is 0 Å². The number of halogens is 2. The first-order valence-electron chi connectivity index (χ1n) is 30.7. The molecule has 7 rings (SSSR count). The van der Waals surface area contributed by atoms with Crippen molar-refractivity contribution in [2.75, 3.05) is 32.8 Å². The van der Waals surface area contributed by atoms with Crippen molar-refractivity contribution in [3.8, 4) is 15.8 Å². The SMILES string of the molecule is CCCCCCCCC(CCCCCC)CN1C(=O)C2=C(c3ccc(I(C)C)s3)N(CC(CCCCCC)CCCCCCCC)C(=O)C2=C1c1ccc(-c2cc3c(CCCCCC)c(C#N)c4cc(I(C)C)sc4c3s2)s1. The van der Waals surface area contributed by atoms with Gasteiger partial charge in [-0.25, -0.2) is 0 Å². The number of amides is 2. The van der Waals surface area contributed by atoms with E-state index in [2.05, 4.69) is 107 Å². The number of unbranched alkanes of at least 4 members (excludes halogenated alkanes) is 19. The summed E-state index contributed by atoms with van der Waals surface area (Å²) in [6.07, 6.45) is 35.0. The number of nitriles is 1. The van der Waals surface area contributed by atoms with Gasteiger partial charge in [0.1, 0.15) is 0 Å². The molecule has 5 aromatic rings. The normalized spacial score (nSPS) is 15.0. The average Bonchev–Trinajstić information content (AvgIpc) is 4.50. The second-order valence-electron chi connectivity index (χ2n) is 23.0. The van der Waals surface area contributed by atoms with E-state index in [-0.39, 0.29) is 11.8 Å². The fraction of sp³-hybridized carbons (Fsp3) is 0.627. The van der Waals surface area contributed by atoms with Gasteiger partial charge in [0, 0.05) is 0 Å². The zero-order chi connectivity index (χ0) is 55.6. The van der Waals surface area contributed by atoms with Crippen LogP contribution in [0.5, 0.6) is 0 Å². The Bertz CT molecular complexity index is 2820. The summed E-state index contributed by atoms with van der Waals surface area (Å²) in [5.74, 6) is 0.839. The fourth-order valence-corrected chi connectivity index (χ4v) is 22.4. The number of hydrogen-bond donors (Lipinski definition) is 0. The minimum absolute atomic E-state index is 0.0414. The van der Waals surface area contributed by atoms with Crippen LogP contribution < -0.4 is 0 Å². The Labute approximate surface area is 503 Å². The predicted octanol–water partition coefficient (Wildman–Crippen LogP) is 22.3. The summed E-state index contributed by atoms with van der Waals surface area (Å²) in [7, 11) is 0. The molecule has 0 fully saturated rings. The van der Waals surface area contributed by atoms with Crippen LogP contribution in [0.4, 0.5) is 0 Å². The van der Waals surface area contributed by atoms with Crippen molar-refractivity contribution in [2.24, 2.45) is 11.8 Å². The van der Waals surface area contributed by atoms with Gasteiger partial charge in [-0.05, 0) is 0 Å². The molecule has 0 bridgehead atoms. The topological polar surface area (TPSA) is 64.4 Å². The number of benzene rings is 1. The first-order valence-corrected chi connectivity index (χ1v) is 44.8. The molecule has 78 heavy (non-hydrogen) atoms. The van der Waals surface area contributed by atoms with Crippen LogP contribution >= 0.6 is 85.0 Å². The standard InChI is InChI=1S/C67H97I2N3O2S4/c1-10-15-20-25-27-31-36-48(34-29-22-17-12-3)46-71-62(55-40-39-54(75-55)57-43-51-50(38-33-24-19-14-5)53(45-70)52-44-59(69(8)9)78-65(52)64(51)77-57)60-61(67(71)74)63(56-41-42-58(76-56)68(6)7)72(66(60)73)47-49(35-30-23-18-13-4)37-32-28-26-21-16-11-2/h39-44,48-49H,10-38,46-47H2,1-9H3. The fourth-order valence-electron chi connectivity index (χ4n) is 12.0. The third-order valence-electron chi connectivity index (χ3n) is 16.5. The first-order chi connectivity index (χ1) is 38.0. The Morgan fingerprint density at radius 3 is 1.36 bits per heavy atom. The van der Waals surface area contributed by atoms with Crippen LogP contribution in [0.15, 0.2) is 47.5 Å². The van der Waals surface area contributed by atoms with Crippen molar-refractivity contribution >= 4 is 128 Å². The molecule has 0 saturated carbocycles. The molecule has 0 saturated heterocycles. The third-order valence-corrected chi connectivity index (χ3v) is 31.3. The van der Waals surface area contributed by atoms with Crippen LogP contribution in [0.1, 0.15) is 235 Å². The number of thiophene rings is 4. The van der Waals surface area contributed by atoms with Crippen molar-refractivity contribution in [2.45, 2.75) is 221 Å². The molecule has 2 atom stereocenters. The summed E-state index contributed by atoms with van der Waals surface area (Å²) in [5, 5.41) is 13.3. The molecule has 2 unspecified atom stereocenters. The van der Waals surface area contributed by atoms with Gasteiger partial charge in [-0.3, -0.25) is 0 Å². The van der Waals surface area contributed by atoms with E-state index < -0.39 is 39.6 Å². The second-order valence-corrected chi connectivity index (χ2v) is 39.7. The molecular weight excluding hydrogens is 1260 g/mol. The van der Waals surface area contributed by atoms with Crippen molar-refractivity contribution in [3.63, 3.8) is 0 Å². The zero-order valence-electron chi connectivity index (χ0n) is 49.6. The maximum atomic E-state index is 16.0. The van der Waals surface area contributed by atoms with E-state index in [1.807, 2.05) is 34.0 Å². The van der Waals surface area contributed by atoms with E-state index >= 15 is 9.59 Å². The van der Waals surface area contributed by atoms with Gasteiger partial charge in [0.05, 0.1) is 0 Å². The van der Waals surface area contributed by atoms with Gasteiger partial charge in [-0.1, -0.05) is 79.1 Å².